The van der Waals surface area contributed by atoms with Crippen LogP contribution in [0.5, 0.6) is 0 Å². The van der Waals surface area contributed by atoms with Gasteiger partial charge in [0.1, 0.15) is 0 Å². The van der Waals surface area contributed by atoms with Crippen LogP contribution in [0.2, 0.25) is 0 Å². The second-order valence-corrected chi connectivity index (χ2v) is 5.91. The van der Waals surface area contributed by atoms with E-state index in [9.17, 15) is 4.79 Å². The Labute approximate surface area is 82.0 Å². The fourth-order valence-corrected chi connectivity index (χ4v) is 4.11. The molecule has 2 rings (SSSR count). The summed E-state index contributed by atoms with van der Waals surface area (Å²) < 4.78 is 0. The number of hydrogen-bond acceptors (Lipinski definition) is 1. The molecule has 0 aromatic rings. The van der Waals surface area contributed by atoms with Gasteiger partial charge in [0.05, 0.1) is 4.83 Å². The molecule has 3 unspecified atom stereocenters. The van der Waals surface area contributed by atoms with Crippen molar-refractivity contribution in [2.45, 2.75) is 38.4 Å². The summed E-state index contributed by atoms with van der Waals surface area (Å²) in [7, 11) is 0. The highest BCUT2D eigenvalue weighted by Crippen LogP contribution is 2.65. The zero-order valence-corrected chi connectivity index (χ0v) is 9.44. The third-order valence-corrected chi connectivity index (χ3v) is 5.91. The Kier molecular flexibility index (Phi) is 1.56. The molecule has 2 aliphatic carbocycles. The van der Waals surface area contributed by atoms with Gasteiger partial charge in [-0.05, 0) is 23.7 Å². The summed E-state index contributed by atoms with van der Waals surface area (Å²) in [5.41, 5.74) is 0.410. The lowest BCUT2D eigenvalue weighted by molar-refractivity contribution is -0.122. The molecule has 0 saturated heterocycles. The maximum Gasteiger partial charge on any atom is 0.150 e. The van der Waals surface area contributed by atoms with Gasteiger partial charge in [-0.2, -0.15) is 0 Å². The topological polar surface area (TPSA) is 17.1 Å². The number of fused-ring (bicyclic) bond motifs is 2. The summed E-state index contributed by atoms with van der Waals surface area (Å²) in [6, 6.07) is 0. The minimum atomic E-state index is 0.110. The van der Waals surface area contributed by atoms with Gasteiger partial charge >= 0.3 is 0 Å². The van der Waals surface area contributed by atoms with Crippen molar-refractivity contribution in [3.63, 3.8) is 0 Å². The minimum Gasteiger partial charge on any atom is -0.298 e. The first kappa shape index (κ1) is 8.74. The number of ketones is 1. The summed E-state index contributed by atoms with van der Waals surface area (Å²) in [6.45, 7) is 6.73. The van der Waals surface area contributed by atoms with Gasteiger partial charge in [0.25, 0.3) is 0 Å². The third-order valence-electron chi connectivity index (χ3n) is 4.45. The Morgan fingerprint density at radius 1 is 1.42 bits per heavy atom. The summed E-state index contributed by atoms with van der Waals surface area (Å²) in [5.74, 6) is 0.751. The van der Waals surface area contributed by atoms with Crippen molar-refractivity contribution in [1.82, 2.24) is 0 Å². The number of rotatable bonds is 0. The Morgan fingerprint density at radius 3 is 2.25 bits per heavy atom. The molecule has 2 aliphatic rings. The van der Waals surface area contributed by atoms with E-state index in [2.05, 4.69) is 36.7 Å². The van der Waals surface area contributed by atoms with Crippen LogP contribution in [-0.4, -0.2) is 10.6 Å². The van der Waals surface area contributed by atoms with Gasteiger partial charge in [-0.25, -0.2) is 0 Å². The van der Waals surface area contributed by atoms with Gasteiger partial charge in [0.15, 0.2) is 5.78 Å². The Balaban J connectivity index is 2.50. The van der Waals surface area contributed by atoms with Crippen LogP contribution in [0.1, 0.15) is 33.6 Å². The standard InChI is InChI=1S/C10H15BrO/c1-9(2)6-4-5-10(9,3)8(11)7(6)12/h6,8H,4-5H2,1-3H3. The lowest BCUT2D eigenvalue weighted by Gasteiger charge is -2.35. The molecule has 2 saturated carbocycles. The van der Waals surface area contributed by atoms with Crippen LogP contribution in [-0.2, 0) is 4.79 Å². The fraction of sp³-hybridized carbons (Fsp3) is 0.900. The highest BCUT2D eigenvalue weighted by Gasteiger charge is 2.65. The highest BCUT2D eigenvalue weighted by molar-refractivity contribution is 9.10. The highest BCUT2D eigenvalue weighted by atomic mass is 79.9. The molecule has 1 nitrogen and oxygen atoms in total. The Hall–Kier alpha value is 0.150. The lowest BCUT2D eigenvalue weighted by Crippen LogP contribution is -2.33. The summed E-state index contributed by atoms with van der Waals surface area (Å²) in [6.07, 6.45) is 2.30. The van der Waals surface area contributed by atoms with Crippen molar-refractivity contribution in [1.29, 1.82) is 0 Å². The largest absolute Gasteiger partial charge is 0.298 e. The van der Waals surface area contributed by atoms with Gasteiger partial charge in [-0.1, -0.05) is 36.7 Å². The van der Waals surface area contributed by atoms with Gasteiger partial charge < -0.3 is 0 Å². The SMILES string of the molecule is CC1(C)C2CCC1(C)C(Br)C2=O. The van der Waals surface area contributed by atoms with Crippen molar-refractivity contribution < 1.29 is 4.79 Å². The van der Waals surface area contributed by atoms with Gasteiger partial charge in [-0.3, -0.25) is 4.79 Å². The first-order valence-electron chi connectivity index (χ1n) is 4.59. The summed E-state index contributed by atoms with van der Waals surface area (Å²) in [5, 5.41) is 0. The predicted molar refractivity (Wildman–Crippen MR) is 52.3 cm³/mol. The molecule has 0 aromatic heterocycles. The first-order chi connectivity index (χ1) is 5.41. The van der Waals surface area contributed by atoms with E-state index in [1.165, 1.54) is 6.42 Å². The molecule has 0 N–H and O–H groups in total. The molecule has 2 heteroatoms. The summed E-state index contributed by atoms with van der Waals surface area (Å²) in [4.78, 5) is 11.9. The summed E-state index contributed by atoms with van der Waals surface area (Å²) >= 11 is 3.54. The maximum absolute atomic E-state index is 11.7. The molecule has 2 bridgehead atoms. The molecule has 0 radical (unpaired) electrons. The molecule has 2 fully saturated rings. The van der Waals surface area contributed by atoms with E-state index in [1.807, 2.05) is 0 Å². The molecule has 68 valence electrons. The van der Waals surface area contributed by atoms with E-state index in [-0.39, 0.29) is 15.7 Å². The van der Waals surface area contributed by atoms with Crippen LogP contribution in [0.4, 0.5) is 0 Å². The Morgan fingerprint density at radius 2 is 2.00 bits per heavy atom. The molecule has 0 spiro atoms. The molecule has 0 aromatic carbocycles. The minimum absolute atomic E-state index is 0.110. The molecule has 0 aliphatic heterocycles. The van der Waals surface area contributed by atoms with E-state index < -0.39 is 0 Å². The maximum atomic E-state index is 11.7. The predicted octanol–water partition coefficient (Wildman–Crippen LogP) is 2.78. The van der Waals surface area contributed by atoms with Gasteiger partial charge in [-0.15, -0.1) is 0 Å². The molecule has 0 heterocycles. The first-order valence-corrected chi connectivity index (χ1v) is 5.50. The molecule has 12 heavy (non-hydrogen) atoms. The Bertz CT molecular complexity index is 246. The molecular weight excluding hydrogens is 216 g/mol. The van der Waals surface area contributed by atoms with Crippen molar-refractivity contribution in [3.8, 4) is 0 Å². The fourth-order valence-electron chi connectivity index (χ4n) is 2.97. The normalized spacial score (nSPS) is 50.2. The van der Waals surface area contributed by atoms with Crippen LogP contribution in [0, 0.1) is 16.7 Å². The third kappa shape index (κ3) is 0.688. The van der Waals surface area contributed by atoms with E-state index in [0.29, 0.717) is 11.7 Å². The van der Waals surface area contributed by atoms with Gasteiger partial charge in [0.2, 0.25) is 0 Å². The van der Waals surface area contributed by atoms with Crippen LogP contribution in [0.3, 0.4) is 0 Å². The van der Waals surface area contributed by atoms with E-state index in [4.69, 9.17) is 0 Å². The average molecular weight is 231 g/mol. The number of halogens is 1. The van der Waals surface area contributed by atoms with E-state index in [1.54, 1.807) is 0 Å². The van der Waals surface area contributed by atoms with Crippen molar-refractivity contribution in [2.75, 3.05) is 0 Å². The number of carbonyl (C=O) groups is 1. The second-order valence-electron chi connectivity index (χ2n) is 5.00. The number of carbonyl (C=O) groups excluding carboxylic acids is 1. The quantitative estimate of drug-likeness (QED) is 0.586. The van der Waals surface area contributed by atoms with Crippen molar-refractivity contribution >= 4 is 21.7 Å². The van der Waals surface area contributed by atoms with Gasteiger partial charge in [0, 0.05) is 5.92 Å². The van der Waals surface area contributed by atoms with Crippen molar-refractivity contribution in [3.05, 3.63) is 0 Å². The number of alkyl halides is 1. The number of Topliss-reactive ketones (excluding diaryl/α,β-unsaturated/α-hetero) is 1. The van der Waals surface area contributed by atoms with E-state index >= 15 is 0 Å². The van der Waals surface area contributed by atoms with Crippen molar-refractivity contribution in [2.24, 2.45) is 16.7 Å². The monoisotopic (exact) mass is 230 g/mol. The molecule has 3 atom stereocenters. The number of hydrogen-bond donors (Lipinski definition) is 0. The molecular formula is C10H15BrO. The second kappa shape index (κ2) is 2.14. The van der Waals surface area contributed by atoms with Crippen LogP contribution in [0.15, 0.2) is 0 Å². The van der Waals surface area contributed by atoms with Crippen LogP contribution < -0.4 is 0 Å². The molecule has 0 amide bonds. The van der Waals surface area contributed by atoms with E-state index in [0.717, 1.165) is 6.42 Å². The zero-order chi connectivity index (χ0) is 9.15. The lowest BCUT2D eigenvalue weighted by atomic mass is 9.71. The smallest absolute Gasteiger partial charge is 0.150 e. The van der Waals surface area contributed by atoms with Crippen LogP contribution in [0.25, 0.3) is 0 Å². The zero-order valence-electron chi connectivity index (χ0n) is 7.86. The average Bonchev–Trinajstić information content (AvgIpc) is 2.26. The van der Waals surface area contributed by atoms with Crippen LogP contribution >= 0.6 is 15.9 Å².